The van der Waals surface area contributed by atoms with Crippen LogP contribution in [0, 0.1) is 5.92 Å². The molecule has 18 heavy (non-hydrogen) atoms. The Bertz CT molecular complexity index is 347. The van der Waals surface area contributed by atoms with Gasteiger partial charge in [0.15, 0.2) is 0 Å². The molecule has 1 saturated heterocycles. The highest BCUT2D eigenvalue weighted by molar-refractivity contribution is 5.17. The molecule has 100 valence electrons. The lowest BCUT2D eigenvalue weighted by atomic mass is 9.97. The molecular weight excluding hydrogens is 226 g/mol. The third kappa shape index (κ3) is 3.96. The molecule has 0 bridgehead atoms. The smallest absolute Gasteiger partial charge is 0.212 e. The van der Waals surface area contributed by atoms with Gasteiger partial charge in [-0.1, -0.05) is 6.07 Å². The van der Waals surface area contributed by atoms with Gasteiger partial charge in [-0.2, -0.15) is 0 Å². The van der Waals surface area contributed by atoms with E-state index in [2.05, 4.69) is 28.3 Å². The Kier molecular flexibility index (Phi) is 4.96. The van der Waals surface area contributed by atoms with Crippen molar-refractivity contribution in [2.45, 2.75) is 19.4 Å². The van der Waals surface area contributed by atoms with E-state index in [-0.39, 0.29) is 0 Å². The standard InChI is InChI=1S/C14H23N3O/c1-17(10-12-5-7-15-8-6-12)11-13-3-4-14(18-2)16-9-13/h3-4,9,12,15H,5-8,10-11H2,1-2H3. The molecule has 0 radical (unpaired) electrons. The molecule has 0 aromatic carbocycles. The molecule has 0 spiro atoms. The molecule has 1 fully saturated rings. The number of piperidine rings is 1. The van der Waals surface area contributed by atoms with Crippen LogP contribution in [-0.2, 0) is 6.54 Å². The number of nitrogens with one attached hydrogen (secondary N) is 1. The Morgan fingerprint density at radius 3 is 2.78 bits per heavy atom. The van der Waals surface area contributed by atoms with Gasteiger partial charge in [0.1, 0.15) is 0 Å². The molecular formula is C14H23N3O. The number of nitrogens with zero attached hydrogens (tertiary/aromatic N) is 2. The van der Waals surface area contributed by atoms with Crippen molar-refractivity contribution in [1.82, 2.24) is 15.2 Å². The van der Waals surface area contributed by atoms with Gasteiger partial charge in [0, 0.05) is 25.4 Å². The summed E-state index contributed by atoms with van der Waals surface area (Å²) in [5.74, 6) is 1.52. The number of methoxy groups -OCH3 is 1. The average Bonchev–Trinajstić information content (AvgIpc) is 2.40. The Hall–Kier alpha value is -1.13. The van der Waals surface area contributed by atoms with Gasteiger partial charge >= 0.3 is 0 Å². The Morgan fingerprint density at radius 2 is 2.17 bits per heavy atom. The number of hydrogen-bond acceptors (Lipinski definition) is 4. The fourth-order valence-electron chi connectivity index (χ4n) is 2.51. The fourth-order valence-corrected chi connectivity index (χ4v) is 2.51. The minimum absolute atomic E-state index is 0.680. The van der Waals surface area contributed by atoms with Crippen molar-refractivity contribution in [3.63, 3.8) is 0 Å². The molecule has 1 aromatic rings. The minimum atomic E-state index is 0.680. The van der Waals surface area contributed by atoms with E-state index < -0.39 is 0 Å². The molecule has 1 aliphatic heterocycles. The van der Waals surface area contributed by atoms with E-state index in [9.17, 15) is 0 Å². The van der Waals surface area contributed by atoms with Crippen LogP contribution >= 0.6 is 0 Å². The lowest BCUT2D eigenvalue weighted by Crippen LogP contribution is -2.34. The summed E-state index contributed by atoms with van der Waals surface area (Å²) in [6.45, 7) is 4.47. The first-order valence-corrected chi connectivity index (χ1v) is 6.66. The van der Waals surface area contributed by atoms with Crippen molar-refractivity contribution in [3.05, 3.63) is 23.9 Å². The molecule has 1 aromatic heterocycles. The second-order valence-electron chi connectivity index (χ2n) is 5.10. The number of aromatic nitrogens is 1. The zero-order valence-electron chi connectivity index (χ0n) is 11.4. The summed E-state index contributed by atoms with van der Waals surface area (Å²) < 4.78 is 5.06. The SMILES string of the molecule is COc1ccc(CN(C)CC2CCNCC2)cn1. The van der Waals surface area contributed by atoms with Gasteiger partial charge in [-0.15, -0.1) is 0 Å². The summed E-state index contributed by atoms with van der Waals surface area (Å²) in [4.78, 5) is 6.63. The average molecular weight is 249 g/mol. The third-order valence-corrected chi connectivity index (χ3v) is 3.49. The number of ether oxygens (including phenoxy) is 1. The van der Waals surface area contributed by atoms with Crippen LogP contribution in [0.25, 0.3) is 0 Å². The molecule has 0 atom stereocenters. The summed E-state index contributed by atoms with van der Waals surface area (Å²) in [5, 5.41) is 3.41. The number of pyridine rings is 1. The van der Waals surface area contributed by atoms with Crippen LogP contribution in [-0.4, -0.2) is 43.7 Å². The summed E-state index contributed by atoms with van der Waals surface area (Å²) in [5.41, 5.74) is 1.24. The molecule has 0 aliphatic carbocycles. The van der Waals surface area contributed by atoms with Crippen molar-refractivity contribution >= 4 is 0 Å². The first kappa shape index (κ1) is 13.3. The predicted octanol–water partition coefficient (Wildman–Crippen LogP) is 1.52. The van der Waals surface area contributed by atoms with Crippen LogP contribution in [0.2, 0.25) is 0 Å². The van der Waals surface area contributed by atoms with E-state index >= 15 is 0 Å². The molecule has 4 heteroatoms. The van der Waals surface area contributed by atoms with Gasteiger partial charge in [0.05, 0.1) is 7.11 Å². The molecule has 0 saturated carbocycles. The van der Waals surface area contributed by atoms with E-state index in [1.807, 2.05) is 12.3 Å². The Balaban J connectivity index is 1.80. The van der Waals surface area contributed by atoms with E-state index in [1.165, 1.54) is 38.0 Å². The zero-order chi connectivity index (χ0) is 12.8. The van der Waals surface area contributed by atoms with Gasteiger partial charge in [-0.3, -0.25) is 0 Å². The lowest BCUT2D eigenvalue weighted by molar-refractivity contribution is 0.234. The number of hydrogen-bond donors (Lipinski definition) is 1. The van der Waals surface area contributed by atoms with Gasteiger partial charge in [0.2, 0.25) is 5.88 Å². The molecule has 1 N–H and O–H groups in total. The van der Waals surface area contributed by atoms with Crippen LogP contribution in [0.5, 0.6) is 5.88 Å². The van der Waals surface area contributed by atoms with Crippen molar-refractivity contribution < 1.29 is 4.74 Å². The highest BCUT2D eigenvalue weighted by atomic mass is 16.5. The second-order valence-corrected chi connectivity index (χ2v) is 5.10. The Labute approximate surface area is 109 Å². The van der Waals surface area contributed by atoms with Gasteiger partial charge in [-0.25, -0.2) is 4.98 Å². The van der Waals surface area contributed by atoms with Crippen molar-refractivity contribution in [3.8, 4) is 5.88 Å². The topological polar surface area (TPSA) is 37.4 Å². The largest absolute Gasteiger partial charge is 0.481 e. The summed E-state index contributed by atoms with van der Waals surface area (Å²) >= 11 is 0. The zero-order valence-corrected chi connectivity index (χ0v) is 11.4. The van der Waals surface area contributed by atoms with Gasteiger partial charge in [0.25, 0.3) is 0 Å². The molecule has 2 heterocycles. The van der Waals surface area contributed by atoms with Crippen LogP contribution < -0.4 is 10.1 Å². The van der Waals surface area contributed by atoms with E-state index in [0.717, 1.165) is 12.5 Å². The maximum atomic E-state index is 5.06. The highest BCUT2D eigenvalue weighted by Crippen LogP contribution is 2.14. The van der Waals surface area contributed by atoms with Crippen LogP contribution in [0.3, 0.4) is 0 Å². The normalized spacial score (nSPS) is 17.1. The summed E-state index contributed by atoms with van der Waals surface area (Å²) in [6, 6.07) is 4.01. The van der Waals surface area contributed by atoms with Gasteiger partial charge < -0.3 is 15.0 Å². The van der Waals surface area contributed by atoms with E-state index in [4.69, 9.17) is 4.74 Å². The van der Waals surface area contributed by atoms with Crippen LogP contribution in [0.4, 0.5) is 0 Å². The Morgan fingerprint density at radius 1 is 1.39 bits per heavy atom. The quantitative estimate of drug-likeness (QED) is 0.858. The van der Waals surface area contributed by atoms with E-state index in [1.54, 1.807) is 7.11 Å². The second kappa shape index (κ2) is 6.71. The lowest BCUT2D eigenvalue weighted by Gasteiger charge is -2.27. The number of rotatable bonds is 5. The highest BCUT2D eigenvalue weighted by Gasteiger charge is 2.15. The van der Waals surface area contributed by atoms with Crippen molar-refractivity contribution in [2.24, 2.45) is 5.92 Å². The maximum absolute atomic E-state index is 5.06. The molecule has 4 nitrogen and oxygen atoms in total. The monoisotopic (exact) mass is 249 g/mol. The van der Waals surface area contributed by atoms with Crippen LogP contribution in [0.1, 0.15) is 18.4 Å². The molecule has 0 unspecified atom stereocenters. The maximum Gasteiger partial charge on any atom is 0.212 e. The first-order valence-electron chi connectivity index (χ1n) is 6.66. The third-order valence-electron chi connectivity index (χ3n) is 3.49. The van der Waals surface area contributed by atoms with Crippen molar-refractivity contribution in [2.75, 3.05) is 33.8 Å². The first-order chi connectivity index (χ1) is 8.78. The van der Waals surface area contributed by atoms with Gasteiger partial charge in [-0.05, 0) is 44.5 Å². The summed E-state index contributed by atoms with van der Waals surface area (Å²) in [6.07, 6.45) is 4.49. The molecule has 1 aliphatic rings. The summed E-state index contributed by atoms with van der Waals surface area (Å²) in [7, 11) is 3.83. The minimum Gasteiger partial charge on any atom is -0.481 e. The van der Waals surface area contributed by atoms with E-state index in [0.29, 0.717) is 5.88 Å². The molecule has 0 amide bonds. The predicted molar refractivity (Wildman–Crippen MR) is 72.7 cm³/mol. The fraction of sp³-hybridized carbons (Fsp3) is 0.643. The van der Waals surface area contributed by atoms with Crippen molar-refractivity contribution in [1.29, 1.82) is 0 Å². The van der Waals surface area contributed by atoms with Crippen LogP contribution in [0.15, 0.2) is 18.3 Å². The molecule has 2 rings (SSSR count).